The van der Waals surface area contributed by atoms with Crippen molar-refractivity contribution in [3.8, 4) is 0 Å². The van der Waals surface area contributed by atoms with Gasteiger partial charge >= 0.3 is 0 Å². The second kappa shape index (κ2) is 4.46. The quantitative estimate of drug-likeness (QED) is 0.852. The molecule has 2 heterocycles. The van der Waals surface area contributed by atoms with E-state index in [9.17, 15) is 5.11 Å². The first-order valence-electron chi connectivity index (χ1n) is 6.70. The molecule has 0 saturated carbocycles. The Balaban J connectivity index is 1.87. The van der Waals surface area contributed by atoms with Crippen molar-refractivity contribution in [2.45, 2.75) is 45.3 Å². The van der Waals surface area contributed by atoms with Crippen LogP contribution in [-0.4, -0.2) is 22.9 Å². The Morgan fingerprint density at radius 3 is 3.12 bits per heavy atom. The van der Waals surface area contributed by atoms with Gasteiger partial charge in [-0.3, -0.25) is 0 Å². The summed E-state index contributed by atoms with van der Waals surface area (Å²) in [6.07, 6.45) is 4.09. The van der Waals surface area contributed by atoms with Gasteiger partial charge in [0.2, 0.25) is 0 Å². The second-order valence-corrected chi connectivity index (χ2v) is 5.44. The van der Waals surface area contributed by atoms with E-state index in [2.05, 4.69) is 17.6 Å². The first-order chi connectivity index (χ1) is 8.25. The largest absolute Gasteiger partial charge is 0.388 e. The summed E-state index contributed by atoms with van der Waals surface area (Å²) < 4.78 is 7.86. The van der Waals surface area contributed by atoms with E-state index in [0.717, 1.165) is 39.0 Å². The molecule has 1 saturated heterocycles. The van der Waals surface area contributed by atoms with Crippen LogP contribution in [0.2, 0.25) is 0 Å². The predicted octanol–water partition coefficient (Wildman–Crippen LogP) is 2.20. The van der Waals surface area contributed by atoms with Crippen LogP contribution in [0.25, 0.3) is 0 Å². The summed E-state index contributed by atoms with van der Waals surface area (Å²) in [5, 5.41) is 10.0. The molecule has 17 heavy (non-hydrogen) atoms. The Bertz CT molecular complexity index is 405. The lowest BCUT2D eigenvalue weighted by Crippen LogP contribution is -2.17. The minimum atomic E-state index is -0.237. The van der Waals surface area contributed by atoms with E-state index in [1.54, 1.807) is 0 Å². The number of nitrogens with zero attached hydrogens (tertiary/aromatic N) is 1. The van der Waals surface area contributed by atoms with Crippen LogP contribution >= 0.6 is 0 Å². The Labute approximate surface area is 102 Å². The fourth-order valence-corrected chi connectivity index (χ4v) is 3.18. The second-order valence-electron chi connectivity index (χ2n) is 5.44. The molecule has 0 aromatic carbocycles. The summed E-state index contributed by atoms with van der Waals surface area (Å²) in [4.78, 5) is 0. The van der Waals surface area contributed by atoms with Crippen molar-refractivity contribution in [1.29, 1.82) is 0 Å². The average molecular weight is 235 g/mol. The molecule has 1 aliphatic carbocycles. The predicted molar refractivity (Wildman–Crippen MR) is 66.0 cm³/mol. The van der Waals surface area contributed by atoms with Crippen molar-refractivity contribution < 1.29 is 9.84 Å². The number of fused-ring (bicyclic) bond motifs is 1. The number of aliphatic hydroxyl groups is 1. The Kier molecular flexibility index (Phi) is 2.97. The van der Waals surface area contributed by atoms with Gasteiger partial charge in [0.15, 0.2) is 0 Å². The molecule has 1 N–H and O–H groups in total. The molecule has 3 heteroatoms. The summed E-state index contributed by atoms with van der Waals surface area (Å²) in [5.74, 6) is 0.657. The minimum absolute atomic E-state index is 0.237. The minimum Gasteiger partial charge on any atom is -0.388 e. The third-order valence-electron chi connectivity index (χ3n) is 4.16. The molecule has 0 spiro atoms. The average Bonchev–Trinajstić information content (AvgIpc) is 2.91. The number of hydrogen-bond acceptors (Lipinski definition) is 2. The Morgan fingerprint density at radius 2 is 2.35 bits per heavy atom. The van der Waals surface area contributed by atoms with Crippen LogP contribution in [-0.2, 0) is 17.7 Å². The van der Waals surface area contributed by atoms with Gasteiger partial charge in [0.1, 0.15) is 0 Å². The highest BCUT2D eigenvalue weighted by molar-refractivity contribution is 5.31. The van der Waals surface area contributed by atoms with E-state index in [1.807, 2.05) is 0 Å². The summed E-state index contributed by atoms with van der Waals surface area (Å²) in [6.45, 7) is 5.03. The van der Waals surface area contributed by atoms with Gasteiger partial charge < -0.3 is 14.4 Å². The highest BCUT2D eigenvalue weighted by Gasteiger charge is 2.25. The zero-order chi connectivity index (χ0) is 11.8. The van der Waals surface area contributed by atoms with Crippen molar-refractivity contribution in [2.24, 2.45) is 5.92 Å². The lowest BCUT2D eigenvalue weighted by atomic mass is 9.95. The summed E-state index contributed by atoms with van der Waals surface area (Å²) in [5.41, 5.74) is 3.84. The molecule has 0 bridgehead atoms. The molecule has 2 unspecified atom stereocenters. The monoisotopic (exact) mass is 235 g/mol. The van der Waals surface area contributed by atoms with Gasteiger partial charge in [-0.2, -0.15) is 0 Å². The molecule has 2 atom stereocenters. The van der Waals surface area contributed by atoms with Crippen molar-refractivity contribution in [1.82, 2.24) is 4.57 Å². The number of aliphatic hydroxyl groups excluding tert-OH is 1. The molecule has 0 radical (unpaired) electrons. The van der Waals surface area contributed by atoms with Gasteiger partial charge in [-0.25, -0.2) is 0 Å². The number of aromatic nitrogens is 1. The van der Waals surface area contributed by atoms with E-state index < -0.39 is 0 Å². The fraction of sp³-hybridized carbons (Fsp3) is 0.714. The highest BCUT2D eigenvalue weighted by atomic mass is 16.5. The van der Waals surface area contributed by atoms with Crippen LogP contribution in [0.5, 0.6) is 0 Å². The third kappa shape index (κ3) is 2.02. The standard InChI is InChI=1S/C14H21NO2/c1-10-7-12-13(3-2-4-14(12)16)15(10)8-11-5-6-17-9-11/h7,11,14,16H,2-6,8-9H2,1H3. The number of rotatable bonds is 2. The van der Waals surface area contributed by atoms with Crippen molar-refractivity contribution in [3.63, 3.8) is 0 Å². The normalized spacial score (nSPS) is 28.4. The van der Waals surface area contributed by atoms with Crippen LogP contribution < -0.4 is 0 Å². The van der Waals surface area contributed by atoms with Gasteiger partial charge in [-0.05, 0) is 38.7 Å². The fourth-order valence-electron chi connectivity index (χ4n) is 3.18. The van der Waals surface area contributed by atoms with Gasteiger partial charge in [-0.1, -0.05) is 0 Å². The van der Waals surface area contributed by atoms with Gasteiger partial charge in [0.05, 0.1) is 12.7 Å². The number of ether oxygens (including phenoxy) is 1. The SMILES string of the molecule is Cc1cc2c(n1CC1CCOC1)CCCC2O. The van der Waals surface area contributed by atoms with Gasteiger partial charge in [-0.15, -0.1) is 0 Å². The van der Waals surface area contributed by atoms with Crippen molar-refractivity contribution in [3.05, 3.63) is 23.0 Å². The molecule has 3 rings (SSSR count). The lowest BCUT2D eigenvalue weighted by molar-refractivity contribution is 0.155. The van der Waals surface area contributed by atoms with Crippen LogP contribution in [0.1, 0.15) is 42.3 Å². The lowest BCUT2D eigenvalue weighted by Gasteiger charge is -2.21. The molecular weight excluding hydrogens is 214 g/mol. The van der Waals surface area contributed by atoms with E-state index in [0.29, 0.717) is 5.92 Å². The van der Waals surface area contributed by atoms with Crippen LogP contribution in [0.15, 0.2) is 6.07 Å². The van der Waals surface area contributed by atoms with E-state index in [1.165, 1.54) is 23.4 Å². The molecule has 1 aliphatic heterocycles. The molecule has 0 amide bonds. The summed E-state index contributed by atoms with van der Waals surface area (Å²) in [7, 11) is 0. The molecule has 1 aromatic heterocycles. The number of hydrogen-bond donors (Lipinski definition) is 1. The molecule has 94 valence electrons. The maximum atomic E-state index is 10.0. The molecule has 1 fully saturated rings. The smallest absolute Gasteiger partial charge is 0.0807 e. The van der Waals surface area contributed by atoms with Crippen LogP contribution in [0.4, 0.5) is 0 Å². The third-order valence-corrected chi connectivity index (χ3v) is 4.16. The topological polar surface area (TPSA) is 34.4 Å². The maximum absolute atomic E-state index is 10.0. The zero-order valence-electron chi connectivity index (χ0n) is 10.5. The summed E-state index contributed by atoms with van der Waals surface area (Å²) >= 11 is 0. The first-order valence-corrected chi connectivity index (χ1v) is 6.70. The molecular formula is C14H21NO2. The first kappa shape index (κ1) is 11.3. The molecule has 3 nitrogen and oxygen atoms in total. The molecule has 2 aliphatic rings. The Hall–Kier alpha value is -0.800. The van der Waals surface area contributed by atoms with Crippen LogP contribution in [0.3, 0.4) is 0 Å². The van der Waals surface area contributed by atoms with E-state index in [4.69, 9.17) is 4.74 Å². The zero-order valence-corrected chi connectivity index (χ0v) is 10.5. The Morgan fingerprint density at radius 1 is 1.47 bits per heavy atom. The summed E-state index contributed by atoms with van der Waals surface area (Å²) in [6, 6.07) is 2.18. The van der Waals surface area contributed by atoms with Crippen LogP contribution in [0, 0.1) is 12.8 Å². The van der Waals surface area contributed by atoms with E-state index >= 15 is 0 Å². The maximum Gasteiger partial charge on any atom is 0.0807 e. The highest BCUT2D eigenvalue weighted by Crippen LogP contribution is 2.33. The van der Waals surface area contributed by atoms with Gasteiger partial charge in [0, 0.05) is 36.0 Å². The number of aryl methyl sites for hydroxylation is 1. The van der Waals surface area contributed by atoms with Gasteiger partial charge in [0.25, 0.3) is 0 Å². The van der Waals surface area contributed by atoms with Crippen molar-refractivity contribution >= 4 is 0 Å². The van der Waals surface area contributed by atoms with Crippen molar-refractivity contribution in [2.75, 3.05) is 13.2 Å². The van der Waals surface area contributed by atoms with E-state index in [-0.39, 0.29) is 6.10 Å². The molecule has 1 aromatic rings.